The number of carbonyl (C=O) groups is 2. The topological polar surface area (TPSA) is 86.6 Å². The Morgan fingerprint density at radius 1 is 0.760 bits per heavy atom. The van der Waals surface area contributed by atoms with E-state index < -0.39 is 11.9 Å². The van der Waals surface area contributed by atoms with E-state index in [-0.39, 0.29) is 12.8 Å². The summed E-state index contributed by atoms with van der Waals surface area (Å²) in [5, 5.41) is 19.9. The Hall–Kier alpha value is -1.10. The minimum atomic E-state index is -1.08. The molecule has 0 radical (unpaired) electrons. The third-order valence-corrected chi connectivity index (χ3v) is 6.81. The number of hydrogen-bond acceptors (Lipinski definition) is 3. The van der Waals surface area contributed by atoms with Crippen molar-refractivity contribution in [1.29, 1.82) is 0 Å². The van der Waals surface area contributed by atoms with Crippen LogP contribution in [0.2, 0.25) is 0 Å². The summed E-state index contributed by atoms with van der Waals surface area (Å²) in [6.07, 6.45) is 14.6. The van der Waals surface area contributed by atoms with Crippen molar-refractivity contribution in [3.8, 4) is 0 Å². The van der Waals surface area contributed by atoms with E-state index in [1.807, 2.05) is 0 Å². The van der Waals surface area contributed by atoms with E-state index in [4.69, 9.17) is 10.2 Å². The summed E-state index contributed by atoms with van der Waals surface area (Å²) in [5.41, 5.74) is 0. The summed E-state index contributed by atoms with van der Waals surface area (Å²) in [7, 11) is 0. The van der Waals surface area contributed by atoms with Gasteiger partial charge in [0.15, 0.2) is 0 Å². The summed E-state index contributed by atoms with van der Waals surface area (Å²) in [6, 6.07) is 1.80. The van der Waals surface area contributed by atoms with Gasteiger partial charge in [-0.05, 0) is 68.6 Å². The first-order valence-corrected chi connectivity index (χ1v) is 10.2. The lowest BCUT2D eigenvalue weighted by Gasteiger charge is -2.55. The predicted molar refractivity (Wildman–Crippen MR) is 95.3 cm³/mol. The van der Waals surface area contributed by atoms with Crippen molar-refractivity contribution >= 4 is 11.9 Å². The maximum absolute atomic E-state index is 9.64. The fourth-order valence-electron chi connectivity index (χ4n) is 5.95. The first-order valence-electron chi connectivity index (χ1n) is 10.2. The molecule has 3 N–H and O–H groups in total. The number of carboxylic acids is 2. The van der Waals surface area contributed by atoms with Crippen molar-refractivity contribution in [3.05, 3.63) is 0 Å². The van der Waals surface area contributed by atoms with Crippen LogP contribution < -0.4 is 5.32 Å². The highest BCUT2D eigenvalue weighted by Crippen LogP contribution is 2.53. The van der Waals surface area contributed by atoms with Crippen LogP contribution in [-0.2, 0) is 9.59 Å². The van der Waals surface area contributed by atoms with Gasteiger partial charge in [-0.1, -0.05) is 19.3 Å². The van der Waals surface area contributed by atoms with Crippen molar-refractivity contribution in [2.75, 3.05) is 0 Å². The first kappa shape index (κ1) is 18.7. The highest BCUT2D eigenvalue weighted by atomic mass is 16.4. The zero-order valence-corrected chi connectivity index (χ0v) is 15.2. The summed E-state index contributed by atoms with van der Waals surface area (Å²) >= 11 is 0. The number of rotatable bonds is 5. The van der Waals surface area contributed by atoms with Gasteiger partial charge in [-0.15, -0.1) is 0 Å². The lowest BCUT2D eigenvalue weighted by atomic mass is 9.54. The van der Waals surface area contributed by atoms with Crippen LogP contribution in [0.5, 0.6) is 0 Å². The normalized spacial score (nSPS) is 36.6. The van der Waals surface area contributed by atoms with Crippen molar-refractivity contribution in [2.45, 2.75) is 89.1 Å². The molecule has 0 aliphatic heterocycles. The highest BCUT2D eigenvalue weighted by molar-refractivity contribution is 5.75. The highest BCUT2D eigenvalue weighted by Gasteiger charge is 2.48. The maximum atomic E-state index is 9.64. The van der Waals surface area contributed by atoms with Crippen LogP contribution in [0.15, 0.2) is 0 Å². The molecule has 0 spiro atoms. The van der Waals surface area contributed by atoms with Gasteiger partial charge in [0.05, 0.1) is 12.8 Å². The van der Waals surface area contributed by atoms with Crippen LogP contribution in [0.3, 0.4) is 0 Å². The quantitative estimate of drug-likeness (QED) is 0.703. The van der Waals surface area contributed by atoms with Gasteiger partial charge in [0.25, 0.3) is 0 Å². The van der Waals surface area contributed by atoms with Crippen LogP contribution in [0.25, 0.3) is 0 Å². The van der Waals surface area contributed by atoms with E-state index in [1.54, 1.807) is 32.1 Å². The zero-order valence-electron chi connectivity index (χ0n) is 15.2. The molecular formula is C20H33NO4. The Kier molecular flexibility index (Phi) is 6.37. The van der Waals surface area contributed by atoms with Crippen LogP contribution >= 0.6 is 0 Å². The molecule has 5 saturated carbocycles. The Morgan fingerprint density at radius 2 is 1.24 bits per heavy atom. The van der Waals surface area contributed by atoms with Gasteiger partial charge in [-0.25, -0.2) is 0 Å². The largest absolute Gasteiger partial charge is 0.481 e. The molecule has 0 unspecified atom stereocenters. The molecule has 0 amide bonds. The summed E-state index contributed by atoms with van der Waals surface area (Å²) in [4.78, 5) is 19.3. The molecule has 5 fully saturated rings. The molecule has 4 bridgehead atoms. The fourth-order valence-corrected chi connectivity index (χ4v) is 5.95. The third-order valence-electron chi connectivity index (χ3n) is 6.81. The van der Waals surface area contributed by atoms with Gasteiger partial charge < -0.3 is 15.5 Å². The van der Waals surface area contributed by atoms with E-state index in [9.17, 15) is 9.59 Å². The van der Waals surface area contributed by atoms with Crippen molar-refractivity contribution < 1.29 is 19.8 Å². The first-order chi connectivity index (χ1) is 12.0. The Labute approximate surface area is 150 Å². The van der Waals surface area contributed by atoms with E-state index in [1.165, 1.54) is 32.1 Å². The van der Waals surface area contributed by atoms with Crippen molar-refractivity contribution in [3.63, 3.8) is 0 Å². The van der Waals surface area contributed by atoms with E-state index >= 15 is 0 Å². The lowest BCUT2D eigenvalue weighted by Crippen LogP contribution is -2.56. The van der Waals surface area contributed by atoms with Gasteiger partial charge in [0.1, 0.15) is 0 Å². The Morgan fingerprint density at radius 3 is 1.68 bits per heavy atom. The molecule has 142 valence electrons. The molecule has 0 aromatic heterocycles. The second-order valence-corrected chi connectivity index (χ2v) is 8.75. The summed E-state index contributed by atoms with van der Waals surface area (Å²) in [5.74, 6) is 2.23. The Bertz CT molecular complexity index is 430. The smallest absolute Gasteiger partial charge is 0.303 e. The molecule has 5 aliphatic carbocycles. The number of hydrogen-bond donors (Lipinski definition) is 3. The molecule has 0 atom stereocenters. The number of carboxylic acid groups (broad SMARTS) is 2. The third kappa shape index (κ3) is 5.19. The van der Waals surface area contributed by atoms with Gasteiger partial charge >= 0.3 is 11.9 Å². The second kappa shape index (κ2) is 8.52. The lowest BCUT2D eigenvalue weighted by molar-refractivity contribution is -0.143. The van der Waals surface area contributed by atoms with Gasteiger partial charge in [0.2, 0.25) is 0 Å². The van der Waals surface area contributed by atoms with Crippen LogP contribution in [-0.4, -0.2) is 34.2 Å². The van der Waals surface area contributed by atoms with Crippen LogP contribution in [0, 0.1) is 23.7 Å². The molecule has 5 heteroatoms. The summed E-state index contributed by atoms with van der Waals surface area (Å²) < 4.78 is 0. The van der Waals surface area contributed by atoms with Gasteiger partial charge in [-0.2, -0.15) is 0 Å². The SMILES string of the molecule is C1CCC(NC2C3CC4CC(C3)CC2C4)CC1.O=C(O)CCC(=O)O. The number of aliphatic carboxylic acids is 2. The monoisotopic (exact) mass is 351 g/mol. The molecule has 5 aliphatic rings. The Balaban J connectivity index is 0.000000197. The zero-order chi connectivity index (χ0) is 17.8. The van der Waals surface area contributed by atoms with E-state index in [0.29, 0.717) is 0 Å². The van der Waals surface area contributed by atoms with E-state index in [2.05, 4.69) is 5.32 Å². The molecule has 0 aromatic carbocycles. The minimum Gasteiger partial charge on any atom is -0.481 e. The molecule has 5 rings (SSSR count). The average molecular weight is 351 g/mol. The second-order valence-electron chi connectivity index (χ2n) is 8.75. The molecule has 0 aromatic rings. The van der Waals surface area contributed by atoms with E-state index in [0.717, 1.165) is 35.8 Å². The fraction of sp³-hybridized carbons (Fsp3) is 0.900. The van der Waals surface area contributed by atoms with Crippen LogP contribution in [0.1, 0.15) is 77.0 Å². The van der Waals surface area contributed by atoms with Gasteiger partial charge in [0, 0.05) is 12.1 Å². The van der Waals surface area contributed by atoms with Crippen molar-refractivity contribution in [1.82, 2.24) is 5.32 Å². The molecule has 0 saturated heterocycles. The summed E-state index contributed by atoms with van der Waals surface area (Å²) in [6.45, 7) is 0. The molecular weight excluding hydrogens is 318 g/mol. The standard InChI is InChI=1S/C16H27N.C4H6O4/c1-2-4-15(5-3-1)17-16-13-7-11-6-12(9-13)10-14(16)8-11;5-3(6)1-2-4(7)8/h11-17H,1-10H2;1-2H2,(H,5,6)(H,7,8). The average Bonchev–Trinajstić information content (AvgIpc) is 2.57. The molecule has 0 heterocycles. The minimum absolute atomic E-state index is 0.296. The predicted octanol–water partition coefficient (Wildman–Crippen LogP) is 3.67. The maximum Gasteiger partial charge on any atom is 0.303 e. The number of nitrogens with one attached hydrogen (secondary N) is 1. The van der Waals surface area contributed by atoms with Crippen LogP contribution in [0.4, 0.5) is 0 Å². The van der Waals surface area contributed by atoms with Gasteiger partial charge in [-0.3, -0.25) is 9.59 Å². The molecule has 5 nitrogen and oxygen atoms in total. The molecule has 25 heavy (non-hydrogen) atoms. The van der Waals surface area contributed by atoms with Crippen molar-refractivity contribution in [2.24, 2.45) is 23.7 Å².